The molecule has 7 nitrogen and oxygen atoms in total. The summed E-state index contributed by atoms with van der Waals surface area (Å²) in [6.45, 7) is 8.08. The number of aryl methyl sites for hydroxylation is 2. The number of carbonyl (C=O) groups is 1. The fraction of sp³-hybridized carbons (Fsp3) is 0.308. The van der Waals surface area contributed by atoms with Gasteiger partial charge in [-0.05, 0) is 60.7 Å². The molecular weight excluding hydrogens is 433 g/mol. The lowest BCUT2D eigenvalue weighted by Crippen LogP contribution is -2.29. The number of pyridine rings is 3. The topological polar surface area (TPSA) is 92.1 Å². The molecule has 176 valence electrons. The van der Waals surface area contributed by atoms with Crippen LogP contribution in [0.5, 0.6) is 0 Å². The molecular formula is C26H28FN5O2. The van der Waals surface area contributed by atoms with Gasteiger partial charge >= 0.3 is 0 Å². The van der Waals surface area contributed by atoms with Crippen LogP contribution in [0.25, 0.3) is 16.6 Å². The monoisotopic (exact) mass is 461 g/mol. The Balaban J connectivity index is 1.74. The van der Waals surface area contributed by atoms with Crippen LogP contribution in [-0.4, -0.2) is 25.3 Å². The van der Waals surface area contributed by atoms with Crippen LogP contribution in [-0.2, 0) is 13.0 Å². The molecule has 0 bridgehead atoms. The van der Waals surface area contributed by atoms with Crippen molar-refractivity contribution in [3.63, 3.8) is 0 Å². The third kappa shape index (κ3) is 4.62. The molecule has 4 aromatic heterocycles. The molecule has 0 fully saturated rings. The van der Waals surface area contributed by atoms with Gasteiger partial charge in [0.1, 0.15) is 12.0 Å². The van der Waals surface area contributed by atoms with E-state index in [1.165, 1.54) is 12.3 Å². The van der Waals surface area contributed by atoms with Crippen molar-refractivity contribution < 1.29 is 9.18 Å². The molecule has 2 N–H and O–H groups in total. The van der Waals surface area contributed by atoms with Crippen molar-refractivity contribution >= 4 is 11.4 Å². The summed E-state index contributed by atoms with van der Waals surface area (Å²) in [4.78, 5) is 37.0. The molecule has 0 aliphatic carbocycles. The zero-order valence-corrected chi connectivity index (χ0v) is 19.8. The Morgan fingerprint density at radius 1 is 1.18 bits per heavy atom. The second-order valence-electron chi connectivity index (χ2n) is 8.76. The minimum atomic E-state index is -0.568. The summed E-state index contributed by atoms with van der Waals surface area (Å²) in [5.74, 6) is -0.761. The summed E-state index contributed by atoms with van der Waals surface area (Å²) in [5, 5.41) is 2.91. The molecule has 8 heteroatoms. The van der Waals surface area contributed by atoms with E-state index < -0.39 is 5.95 Å². The third-order valence-corrected chi connectivity index (χ3v) is 5.83. The molecule has 34 heavy (non-hydrogen) atoms. The van der Waals surface area contributed by atoms with Gasteiger partial charge in [0, 0.05) is 29.6 Å². The first-order valence-corrected chi connectivity index (χ1v) is 11.4. The van der Waals surface area contributed by atoms with Crippen molar-refractivity contribution in [2.24, 2.45) is 0 Å². The zero-order valence-electron chi connectivity index (χ0n) is 19.8. The standard InChI is InChI=1S/C26H28FN5O2/c1-5-6-17-9-16(4)31-25(33)20(17)13-29-26(34)22-11-19(18-7-8-23(27)28-12-18)10-21-24(15(2)3)30-14-32(21)22/h7-12,14-15H,5-6,13H2,1-4H3,(H,29,34)(H,31,33). The Kier molecular flexibility index (Phi) is 6.58. The third-order valence-electron chi connectivity index (χ3n) is 5.83. The van der Waals surface area contributed by atoms with E-state index in [1.807, 2.05) is 32.9 Å². The fourth-order valence-corrected chi connectivity index (χ4v) is 4.18. The van der Waals surface area contributed by atoms with Gasteiger partial charge < -0.3 is 10.3 Å². The number of nitrogens with one attached hydrogen (secondary N) is 2. The number of nitrogens with zero attached hydrogens (tertiary/aromatic N) is 3. The molecule has 0 spiro atoms. The number of aromatic amines is 1. The maximum Gasteiger partial charge on any atom is 0.268 e. The van der Waals surface area contributed by atoms with Crippen LogP contribution >= 0.6 is 0 Å². The molecule has 4 rings (SSSR count). The van der Waals surface area contributed by atoms with E-state index >= 15 is 0 Å². The van der Waals surface area contributed by atoms with Crippen LogP contribution < -0.4 is 10.9 Å². The lowest BCUT2D eigenvalue weighted by atomic mass is 10.0. The maximum absolute atomic E-state index is 13.4. The number of halogens is 1. The van der Waals surface area contributed by atoms with E-state index in [0.717, 1.165) is 40.9 Å². The summed E-state index contributed by atoms with van der Waals surface area (Å²) in [6, 6.07) is 8.53. The number of imidazole rings is 1. The van der Waals surface area contributed by atoms with Crippen LogP contribution in [0.3, 0.4) is 0 Å². The zero-order chi connectivity index (χ0) is 24.4. The molecule has 0 aromatic carbocycles. The number of H-pyrrole nitrogens is 1. The number of fused-ring (bicyclic) bond motifs is 1. The number of hydrogen-bond donors (Lipinski definition) is 2. The van der Waals surface area contributed by atoms with Crippen LogP contribution in [0.15, 0.2) is 47.7 Å². The SMILES string of the molecule is CCCc1cc(C)[nH]c(=O)c1CNC(=O)c1cc(-c2ccc(F)nc2)cc2c(C(C)C)ncn12. The van der Waals surface area contributed by atoms with Gasteiger partial charge in [-0.2, -0.15) is 4.39 Å². The highest BCUT2D eigenvalue weighted by Crippen LogP contribution is 2.27. The fourth-order valence-electron chi connectivity index (χ4n) is 4.18. The average Bonchev–Trinajstić information content (AvgIpc) is 3.22. The van der Waals surface area contributed by atoms with E-state index in [0.29, 0.717) is 16.8 Å². The van der Waals surface area contributed by atoms with Gasteiger partial charge in [0.15, 0.2) is 0 Å². The Hall–Kier alpha value is -3.81. The summed E-state index contributed by atoms with van der Waals surface area (Å²) in [6.07, 6.45) is 4.72. The van der Waals surface area contributed by atoms with Crippen LogP contribution in [0, 0.1) is 12.9 Å². The molecule has 0 radical (unpaired) electrons. The van der Waals surface area contributed by atoms with E-state index in [2.05, 4.69) is 27.2 Å². The Morgan fingerprint density at radius 3 is 2.65 bits per heavy atom. The van der Waals surface area contributed by atoms with E-state index in [-0.39, 0.29) is 23.9 Å². The first-order valence-electron chi connectivity index (χ1n) is 11.4. The molecule has 0 unspecified atom stereocenters. The lowest BCUT2D eigenvalue weighted by molar-refractivity contribution is 0.0944. The van der Waals surface area contributed by atoms with Crippen LogP contribution in [0.1, 0.15) is 66.1 Å². The number of amides is 1. The number of rotatable bonds is 7. The highest BCUT2D eigenvalue weighted by molar-refractivity contribution is 5.95. The summed E-state index contributed by atoms with van der Waals surface area (Å²) in [7, 11) is 0. The number of aromatic nitrogens is 4. The Morgan fingerprint density at radius 2 is 1.97 bits per heavy atom. The van der Waals surface area contributed by atoms with E-state index in [9.17, 15) is 14.0 Å². The second-order valence-corrected chi connectivity index (χ2v) is 8.76. The average molecular weight is 462 g/mol. The van der Waals surface area contributed by atoms with Crippen molar-refractivity contribution in [2.75, 3.05) is 0 Å². The largest absolute Gasteiger partial charge is 0.346 e. The first kappa shape index (κ1) is 23.4. The molecule has 0 saturated heterocycles. The van der Waals surface area contributed by atoms with Gasteiger partial charge in [-0.15, -0.1) is 0 Å². The number of carbonyl (C=O) groups excluding carboxylic acids is 1. The number of hydrogen-bond acceptors (Lipinski definition) is 4. The van der Waals surface area contributed by atoms with Crippen molar-refractivity contribution in [1.82, 2.24) is 24.7 Å². The first-order chi connectivity index (χ1) is 16.3. The predicted molar refractivity (Wildman–Crippen MR) is 129 cm³/mol. The van der Waals surface area contributed by atoms with Gasteiger partial charge in [-0.3, -0.25) is 14.0 Å². The van der Waals surface area contributed by atoms with Gasteiger partial charge in [0.05, 0.1) is 11.2 Å². The van der Waals surface area contributed by atoms with Crippen LogP contribution in [0.2, 0.25) is 0 Å². The van der Waals surface area contributed by atoms with Crippen LogP contribution in [0.4, 0.5) is 4.39 Å². The van der Waals surface area contributed by atoms with E-state index in [4.69, 9.17) is 0 Å². The van der Waals surface area contributed by atoms with Gasteiger partial charge in [0.2, 0.25) is 5.95 Å². The molecule has 0 aliphatic rings. The summed E-state index contributed by atoms with van der Waals surface area (Å²) >= 11 is 0. The van der Waals surface area contributed by atoms with Gasteiger partial charge in [-0.25, -0.2) is 9.97 Å². The molecule has 1 amide bonds. The lowest BCUT2D eigenvalue weighted by Gasteiger charge is -2.13. The maximum atomic E-state index is 13.4. The minimum Gasteiger partial charge on any atom is -0.346 e. The molecule has 0 saturated carbocycles. The smallest absolute Gasteiger partial charge is 0.268 e. The van der Waals surface area contributed by atoms with Crippen molar-refractivity contribution in [3.05, 3.63) is 87.4 Å². The molecule has 4 aromatic rings. The van der Waals surface area contributed by atoms with E-state index in [1.54, 1.807) is 22.9 Å². The summed E-state index contributed by atoms with van der Waals surface area (Å²) < 4.78 is 15.1. The predicted octanol–water partition coefficient (Wildman–Crippen LogP) is 4.54. The minimum absolute atomic E-state index is 0.110. The molecule has 0 atom stereocenters. The highest BCUT2D eigenvalue weighted by atomic mass is 19.1. The summed E-state index contributed by atoms with van der Waals surface area (Å²) in [5.41, 5.74) is 5.54. The Labute approximate surface area is 197 Å². The van der Waals surface area contributed by atoms with Crippen molar-refractivity contribution in [3.8, 4) is 11.1 Å². The highest BCUT2D eigenvalue weighted by Gasteiger charge is 2.18. The van der Waals surface area contributed by atoms with Gasteiger partial charge in [0.25, 0.3) is 11.5 Å². The van der Waals surface area contributed by atoms with Gasteiger partial charge in [-0.1, -0.05) is 27.2 Å². The quantitative estimate of drug-likeness (QED) is 0.395. The molecule has 0 aliphatic heterocycles. The second kappa shape index (κ2) is 9.59. The Bertz CT molecular complexity index is 1400. The van der Waals surface area contributed by atoms with Crippen molar-refractivity contribution in [1.29, 1.82) is 0 Å². The van der Waals surface area contributed by atoms with Crippen molar-refractivity contribution in [2.45, 2.75) is 53.0 Å². The molecule has 4 heterocycles. The normalized spacial score (nSPS) is 11.4.